The molecule has 0 heterocycles. The van der Waals surface area contributed by atoms with Gasteiger partial charge in [0.05, 0.1) is 0 Å². The molecule has 0 aliphatic rings. The quantitative estimate of drug-likeness (QED) is 0.298. The average Bonchev–Trinajstić information content (AvgIpc) is 1.67. The fourth-order valence-electron chi connectivity index (χ4n) is 0.263. The van der Waals surface area contributed by atoms with E-state index in [1.54, 1.807) is 0 Å². The van der Waals surface area contributed by atoms with Crippen LogP contribution < -0.4 is 35.3 Å². The first-order valence-electron chi connectivity index (χ1n) is 2.27. The fourth-order valence-corrected chi connectivity index (χ4v) is 0.541. The first-order valence-corrected chi connectivity index (χ1v) is 2.91. The minimum atomic E-state index is -0.959. The second kappa shape index (κ2) is 6.89. The Labute approximate surface area is 81.7 Å². The number of rotatable bonds is 3. The summed E-state index contributed by atoms with van der Waals surface area (Å²) in [6.07, 6.45) is 0.429. The number of aliphatic carboxylic acids is 1. The van der Waals surface area contributed by atoms with E-state index in [-0.39, 0.29) is 29.6 Å². The Balaban J connectivity index is 0. The first-order chi connectivity index (χ1) is 3.68. The molecule has 0 radical (unpaired) electrons. The Bertz CT molecular complexity index is 90.6. The van der Waals surface area contributed by atoms with Gasteiger partial charge in [0.2, 0.25) is 0 Å². The van der Waals surface area contributed by atoms with Gasteiger partial charge < -0.3 is 10.8 Å². The van der Waals surface area contributed by atoms with Gasteiger partial charge >= 0.3 is 35.5 Å². The van der Waals surface area contributed by atoms with Crippen LogP contribution >= 0.6 is 12.6 Å². The summed E-state index contributed by atoms with van der Waals surface area (Å²) in [5, 5.41) is 8.15. The van der Waals surface area contributed by atoms with Gasteiger partial charge in [-0.2, -0.15) is 12.6 Å². The van der Waals surface area contributed by atoms with Crippen molar-refractivity contribution in [3.8, 4) is 0 Å². The summed E-state index contributed by atoms with van der Waals surface area (Å²) in [7, 11) is 0. The second-order valence-corrected chi connectivity index (χ2v) is 1.90. The fraction of sp³-hybridized carbons (Fsp3) is 0.750. The molecule has 0 rings (SSSR count). The maximum Gasteiger partial charge on any atom is 1.00 e. The molecule has 3 nitrogen and oxygen atoms in total. The number of carbonyl (C=O) groups is 1. The maximum absolute atomic E-state index is 9.93. The minimum absolute atomic E-state index is 0. The van der Waals surface area contributed by atoms with Gasteiger partial charge in [0.15, 0.2) is 0 Å². The molecule has 0 spiro atoms. The van der Waals surface area contributed by atoms with Crippen LogP contribution in [0.2, 0.25) is 0 Å². The molecule has 0 aromatic rings. The molecule has 0 fully saturated rings. The summed E-state index contributed by atoms with van der Waals surface area (Å²) >= 11 is 3.81. The van der Waals surface area contributed by atoms with Crippen molar-refractivity contribution in [1.29, 1.82) is 0 Å². The van der Waals surface area contributed by atoms with E-state index in [2.05, 4.69) is 12.6 Å². The predicted molar refractivity (Wildman–Crippen MR) is 34.1 cm³/mol. The van der Waals surface area contributed by atoms with Crippen LogP contribution in [0, 0.1) is 0 Å². The number of carboxylic acids is 1. The number of carboxylic acid groups (broad SMARTS) is 1. The third-order valence-electron chi connectivity index (χ3n) is 0.757. The molecule has 0 aromatic carbocycles. The topological polar surface area (TPSA) is 63.3 Å². The zero-order valence-corrected chi connectivity index (χ0v) is 8.27. The van der Waals surface area contributed by atoms with Crippen molar-refractivity contribution in [2.24, 2.45) is 5.73 Å². The number of thiol groups is 1. The standard InChI is InChI=1S/C4H9NO2S.Na/c5-3(1-2-8)4(6)7;/h3,8H,1-2,5H2,(H,6,7);/q;+1. The van der Waals surface area contributed by atoms with Gasteiger partial charge in [-0.15, -0.1) is 0 Å². The van der Waals surface area contributed by atoms with Crippen LogP contribution in [-0.2, 0) is 4.79 Å². The van der Waals surface area contributed by atoms with Gasteiger partial charge in [0.1, 0.15) is 6.04 Å². The number of nitrogens with two attached hydrogens (primary N) is 1. The van der Waals surface area contributed by atoms with Crippen LogP contribution in [0.15, 0.2) is 0 Å². The molecule has 48 valence electrons. The van der Waals surface area contributed by atoms with Crippen LogP contribution in [0.1, 0.15) is 6.42 Å². The van der Waals surface area contributed by atoms with Crippen molar-refractivity contribution < 1.29 is 39.5 Å². The molecular weight excluding hydrogens is 149 g/mol. The molecule has 0 aliphatic heterocycles. The Hall–Kier alpha value is 0.780. The minimum Gasteiger partial charge on any atom is -0.480 e. The van der Waals surface area contributed by atoms with Crippen molar-refractivity contribution in [3.63, 3.8) is 0 Å². The molecule has 5 heteroatoms. The number of hydrogen-bond donors (Lipinski definition) is 3. The van der Waals surface area contributed by atoms with Gasteiger partial charge in [0, 0.05) is 0 Å². The average molecular weight is 158 g/mol. The van der Waals surface area contributed by atoms with Crippen LogP contribution in [0.4, 0.5) is 0 Å². The normalized spacial score (nSPS) is 11.8. The Morgan fingerprint density at radius 2 is 2.22 bits per heavy atom. The third kappa shape index (κ3) is 6.67. The van der Waals surface area contributed by atoms with Gasteiger partial charge in [0.25, 0.3) is 0 Å². The molecule has 9 heavy (non-hydrogen) atoms. The van der Waals surface area contributed by atoms with E-state index in [0.29, 0.717) is 12.2 Å². The summed E-state index contributed by atoms with van der Waals surface area (Å²) < 4.78 is 0. The molecule has 0 aliphatic carbocycles. The van der Waals surface area contributed by atoms with Crippen LogP contribution in [-0.4, -0.2) is 22.9 Å². The Morgan fingerprint density at radius 1 is 1.78 bits per heavy atom. The Morgan fingerprint density at radius 3 is 2.33 bits per heavy atom. The largest absolute Gasteiger partial charge is 1.00 e. The van der Waals surface area contributed by atoms with Gasteiger partial charge in [-0.05, 0) is 12.2 Å². The second-order valence-electron chi connectivity index (χ2n) is 1.46. The molecule has 0 amide bonds. The van der Waals surface area contributed by atoms with Crippen molar-refractivity contribution in [1.82, 2.24) is 0 Å². The predicted octanol–water partition coefficient (Wildman–Crippen LogP) is -3.28. The van der Waals surface area contributed by atoms with E-state index in [1.807, 2.05) is 0 Å². The summed E-state index contributed by atoms with van der Waals surface area (Å²) in [4.78, 5) is 9.93. The van der Waals surface area contributed by atoms with Crippen LogP contribution in [0.3, 0.4) is 0 Å². The van der Waals surface area contributed by atoms with E-state index in [4.69, 9.17) is 10.8 Å². The van der Waals surface area contributed by atoms with Crippen molar-refractivity contribution in [2.75, 3.05) is 5.75 Å². The zero-order valence-electron chi connectivity index (χ0n) is 5.37. The van der Waals surface area contributed by atoms with E-state index in [0.717, 1.165) is 0 Å². The molecule has 1 atom stereocenters. The summed E-state index contributed by atoms with van der Waals surface area (Å²) in [5.74, 6) is -0.438. The molecule has 3 N–H and O–H groups in total. The molecule has 0 bridgehead atoms. The zero-order chi connectivity index (χ0) is 6.57. The summed E-state index contributed by atoms with van der Waals surface area (Å²) in [6.45, 7) is 0. The molecule has 1 unspecified atom stereocenters. The van der Waals surface area contributed by atoms with E-state index in [1.165, 1.54) is 0 Å². The van der Waals surface area contributed by atoms with Gasteiger partial charge in [-0.25, -0.2) is 0 Å². The van der Waals surface area contributed by atoms with Crippen molar-refractivity contribution >= 4 is 18.6 Å². The monoisotopic (exact) mass is 158 g/mol. The molecule has 0 saturated carbocycles. The third-order valence-corrected chi connectivity index (χ3v) is 1.02. The van der Waals surface area contributed by atoms with E-state index < -0.39 is 12.0 Å². The van der Waals surface area contributed by atoms with Crippen molar-refractivity contribution in [3.05, 3.63) is 0 Å². The maximum atomic E-state index is 9.93. The van der Waals surface area contributed by atoms with E-state index in [9.17, 15) is 4.79 Å². The van der Waals surface area contributed by atoms with Gasteiger partial charge in [-0.3, -0.25) is 4.79 Å². The van der Waals surface area contributed by atoms with E-state index >= 15 is 0 Å². The molecular formula is C4H9NNaO2S+. The van der Waals surface area contributed by atoms with Gasteiger partial charge in [-0.1, -0.05) is 0 Å². The molecule has 0 saturated heterocycles. The Kier molecular flexibility index (Phi) is 9.54. The number of hydrogen-bond acceptors (Lipinski definition) is 3. The van der Waals surface area contributed by atoms with Crippen LogP contribution in [0.5, 0.6) is 0 Å². The SMILES string of the molecule is NC(CCS)C(=O)O.[Na+]. The smallest absolute Gasteiger partial charge is 0.480 e. The summed E-state index contributed by atoms with van der Waals surface area (Å²) in [6, 6.07) is -0.743. The van der Waals surface area contributed by atoms with Crippen LogP contribution in [0.25, 0.3) is 0 Å². The first kappa shape index (κ1) is 12.5. The molecule has 0 aromatic heterocycles. The van der Waals surface area contributed by atoms with Crippen molar-refractivity contribution in [2.45, 2.75) is 12.5 Å². The summed E-state index contributed by atoms with van der Waals surface area (Å²) in [5.41, 5.74) is 5.08.